The van der Waals surface area contributed by atoms with Crippen LogP contribution in [0.1, 0.15) is 22.3 Å². The Bertz CT molecular complexity index is 4560. The summed E-state index contributed by atoms with van der Waals surface area (Å²) in [4.78, 5) is 2.54. The molecule has 0 N–H and O–H groups in total. The van der Waals surface area contributed by atoms with E-state index in [4.69, 9.17) is 0 Å². The molecule has 76 heavy (non-hydrogen) atoms. The fourth-order valence-corrected chi connectivity index (χ4v) is 13.5. The summed E-state index contributed by atoms with van der Waals surface area (Å²) in [6.45, 7) is 0. The molecule has 0 bridgehead atoms. The minimum Gasteiger partial charge on any atom is -0.310 e. The standard InChI is InChI=1S/C73H47N3/c1-4-20-48(21-5-1)49-38-41-53(42-39-49)74(70-37-19-31-59-58-28-12-16-34-65(58)73(72(59)70)63-32-14-10-26-56(63)57-27-11-15-33-64(57)73)54-43-45-68-62(47-54)61-46-50(40-44-67(61)75(68)51-22-6-2-7-23-51)55-30-18-36-69-71(55)60-29-13-17-35-66(60)76(69)52-24-8-3-9-25-52/h1-47H. The van der Waals surface area contributed by atoms with Gasteiger partial charge in [-0.05, 0) is 146 Å². The molecule has 0 unspecified atom stereocenters. The fraction of sp³-hybridized carbons (Fsp3) is 0.0137. The minimum atomic E-state index is -0.551. The number of hydrogen-bond acceptors (Lipinski definition) is 1. The third kappa shape index (κ3) is 5.99. The van der Waals surface area contributed by atoms with Crippen LogP contribution in [0.15, 0.2) is 285 Å². The first-order valence-electron chi connectivity index (χ1n) is 26.3. The number of fused-ring (bicyclic) bond motifs is 16. The van der Waals surface area contributed by atoms with Gasteiger partial charge in [0, 0.05) is 49.9 Å². The Morgan fingerprint density at radius 1 is 0.276 bits per heavy atom. The van der Waals surface area contributed by atoms with E-state index in [1.54, 1.807) is 0 Å². The Labute approximate surface area is 441 Å². The van der Waals surface area contributed by atoms with Crippen molar-refractivity contribution in [1.82, 2.24) is 9.13 Å². The number of nitrogens with zero attached hydrogens (tertiary/aromatic N) is 3. The van der Waals surface area contributed by atoms with Crippen molar-refractivity contribution in [2.75, 3.05) is 4.90 Å². The van der Waals surface area contributed by atoms with E-state index >= 15 is 0 Å². The Balaban J connectivity index is 0.969. The molecular weight excluding hydrogens is 919 g/mol. The van der Waals surface area contributed by atoms with Crippen LogP contribution in [0.2, 0.25) is 0 Å². The van der Waals surface area contributed by atoms with Gasteiger partial charge in [0.05, 0.1) is 33.2 Å². The molecule has 0 radical (unpaired) electrons. The van der Waals surface area contributed by atoms with Crippen molar-refractivity contribution in [3.05, 3.63) is 307 Å². The van der Waals surface area contributed by atoms with Crippen molar-refractivity contribution < 1.29 is 0 Å². The largest absolute Gasteiger partial charge is 0.310 e. The molecule has 0 saturated heterocycles. The number of rotatable bonds is 7. The Morgan fingerprint density at radius 3 is 1.39 bits per heavy atom. The highest BCUT2D eigenvalue weighted by Gasteiger charge is 2.53. The van der Waals surface area contributed by atoms with Crippen molar-refractivity contribution >= 4 is 60.7 Å². The van der Waals surface area contributed by atoms with Crippen LogP contribution in [0.4, 0.5) is 17.1 Å². The van der Waals surface area contributed by atoms with Crippen molar-refractivity contribution in [3.63, 3.8) is 0 Å². The highest BCUT2D eigenvalue weighted by atomic mass is 15.1. The molecule has 1 spiro atoms. The maximum absolute atomic E-state index is 2.54. The van der Waals surface area contributed by atoms with Crippen LogP contribution < -0.4 is 4.90 Å². The van der Waals surface area contributed by atoms with E-state index in [0.717, 1.165) is 39.5 Å². The van der Waals surface area contributed by atoms with Gasteiger partial charge >= 0.3 is 0 Å². The molecule has 0 saturated carbocycles. The highest BCUT2D eigenvalue weighted by molar-refractivity contribution is 6.18. The summed E-state index contributed by atoms with van der Waals surface area (Å²) in [5, 5.41) is 4.87. The summed E-state index contributed by atoms with van der Waals surface area (Å²) in [6, 6.07) is 106. The van der Waals surface area contributed by atoms with Crippen molar-refractivity contribution in [2.24, 2.45) is 0 Å². The minimum absolute atomic E-state index is 0.551. The lowest BCUT2D eigenvalue weighted by Gasteiger charge is -2.36. The highest BCUT2D eigenvalue weighted by Crippen LogP contribution is 2.65. The zero-order valence-electron chi connectivity index (χ0n) is 41.5. The van der Waals surface area contributed by atoms with Crippen LogP contribution in [0.3, 0.4) is 0 Å². The molecule has 0 fully saturated rings. The molecule has 16 rings (SSSR count). The molecule has 3 heteroatoms. The Morgan fingerprint density at radius 2 is 0.724 bits per heavy atom. The van der Waals surface area contributed by atoms with E-state index in [-0.39, 0.29) is 0 Å². The molecule has 14 aromatic rings. The van der Waals surface area contributed by atoms with E-state index in [1.165, 1.54) is 99.3 Å². The van der Waals surface area contributed by atoms with E-state index in [2.05, 4.69) is 299 Å². The quantitative estimate of drug-likeness (QED) is 0.155. The van der Waals surface area contributed by atoms with Gasteiger partial charge in [0.15, 0.2) is 0 Å². The van der Waals surface area contributed by atoms with Crippen molar-refractivity contribution in [2.45, 2.75) is 5.41 Å². The van der Waals surface area contributed by atoms with Crippen LogP contribution in [0, 0.1) is 0 Å². The summed E-state index contributed by atoms with van der Waals surface area (Å²) in [5.74, 6) is 0. The maximum Gasteiger partial charge on any atom is 0.0746 e. The Kier molecular flexibility index (Phi) is 9.25. The number of benzene rings is 12. The lowest BCUT2D eigenvalue weighted by Crippen LogP contribution is -2.28. The van der Waals surface area contributed by atoms with Gasteiger partial charge in [-0.15, -0.1) is 0 Å². The summed E-state index contributed by atoms with van der Waals surface area (Å²) in [5.41, 5.74) is 24.9. The lowest BCUT2D eigenvalue weighted by molar-refractivity contribution is 0.793. The van der Waals surface area contributed by atoms with Crippen LogP contribution in [-0.4, -0.2) is 9.13 Å². The topological polar surface area (TPSA) is 13.1 Å². The lowest BCUT2D eigenvalue weighted by atomic mass is 9.70. The van der Waals surface area contributed by atoms with Crippen LogP contribution in [0.5, 0.6) is 0 Å². The first kappa shape index (κ1) is 42.5. The summed E-state index contributed by atoms with van der Waals surface area (Å²) in [6.07, 6.45) is 0. The molecule has 0 aliphatic heterocycles. The molecule has 12 aromatic carbocycles. The molecule has 2 heterocycles. The first-order valence-corrected chi connectivity index (χ1v) is 26.3. The average molecular weight is 966 g/mol. The molecular formula is C73H47N3. The van der Waals surface area contributed by atoms with Crippen LogP contribution >= 0.6 is 0 Å². The summed E-state index contributed by atoms with van der Waals surface area (Å²) in [7, 11) is 0. The second-order valence-electron chi connectivity index (χ2n) is 20.3. The van der Waals surface area contributed by atoms with E-state index < -0.39 is 5.41 Å². The first-order chi connectivity index (χ1) is 37.7. The number of aromatic nitrogens is 2. The normalized spacial score (nSPS) is 12.8. The van der Waals surface area contributed by atoms with Gasteiger partial charge in [0.25, 0.3) is 0 Å². The second kappa shape index (κ2) is 16.5. The monoisotopic (exact) mass is 965 g/mol. The van der Waals surface area contributed by atoms with Gasteiger partial charge < -0.3 is 14.0 Å². The van der Waals surface area contributed by atoms with Gasteiger partial charge in [0.1, 0.15) is 0 Å². The van der Waals surface area contributed by atoms with Gasteiger partial charge in [0.2, 0.25) is 0 Å². The van der Waals surface area contributed by atoms with Gasteiger partial charge in [-0.25, -0.2) is 0 Å². The van der Waals surface area contributed by atoms with Gasteiger partial charge in [-0.3, -0.25) is 0 Å². The molecule has 2 aliphatic carbocycles. The fourth-order valence-electron chi connectivity index (χ4n) is 13.5. The van der Waals surface area contributed by atoms with Crippen molar-refractivity contribution in [3.8, 4) is 55.9 Å². The molecule has 3 nitrogen and oxygen atoms in total. The third-order valence-electron chi connectivity index (χ3n) is 16.5. The average Bonchev–Trinajstić information content (AvgIpc) is 4.37. The maximum atomic E-state index is 2.54. The zero-order valence-corrected chi connectivity index (χ0v) is 41.5. The van der Waals surface area contributed by atoms with E-state index in [0.29, 0.717) is 0 Å². The Hall–Kier alpha value is -9.96. The van der Waals surface area contributed by atoms with Crippen LogP contribution in [-0.2, 0) is 5.41 Å². The molecule has 2 aromatic heterocycles. The van der Waals surface area contributed by atoms with Gasteiger partial charge in [-0.2, -0.15) is 0 Å². The molecule has 0 atom stereocenters. The van der Waals surface area contributed by atoms with Gasteiger partial charge in [-0.1, -0.05) is 200 Å². The summed E-state index contributed by atoms with van der Waals surface area (Å²) >= 11 is 0. The van der Waals surface area contributed by atoms with E-state index in [1.807, 2.05) is 0 Å². The van der Waals surface area contributed by atoms with E-state index in [9.17, 15) is 0 Å². The van der Waals surface area contributed by atoms with Crippen LogP contribution in [0.25, 0.3) is 99.5 Å². The molecule has 354 valence electrons. The number of para-hydroxylation sites is 3. The second-order valence-corrected chi connectivity index (χ2v) is 20.3. The zero-order chi connectivity index (χ0) is 49.9. The smallest absolute Gasteiger partial charge is 0.0746 e. The third-order valence-corrected chi connectivity index (χ3v) is 16.5. The SMILES string of the molecule is c1ccc(-c2ccc(N(c3ccc4c(c3)c3cc(-c5cccc6c5c5ccccc5n6-c5ccccc5)ccc3n4-c3ccccc3)c3cccc4c3C3(c5ccccc5-c5ccccc53)c3ccccc3-4)cc2)cc1. The number of hydrogen-bond donors (Lipinski definition) is 0. The number of anilines is 3. The predicted molar refractivity (Wildman–Crippen MR) is 317 cm³/mol. The predicted octanol–water partition coefficient (Wildman–Crippen LogP) is 19.0. The molecule has 0 amide bonds. The van der Waals surface area contributed by atoms with Crippen molar-refractivity contribution in [1.29, 1.82) is 0 Å². The summed E-state index contributed by atoms with van der Waals surface area (Å²) < 4.78 is 4.85. The molecule has 2 aliphatic rings.